The van der Waals surface area contributed by atoms with E-state index in [0.29, 0.717) is 6.04 Å². The minimum atomic E-state index is 0.571. The lowest BCUT2D eigenvalue weighted by Gasteiger charge is -2.32. The third kappa shape index (κ3) is 2.16. The quantitative estimate of drug-likeness (QED) is 0.872. The van der Waals surface area contributed by atoms with Crippen LogP contribution in [0.3, 0.4) is 0 Å². The Morgan fingerprint density at radius 2 is 1.89 bits per heavy atom. The van der Waals surface area contributed by atoms with Gasteiger partial charge in [0.15, 0.2) is 0 Å². The number of nitrogens with one attached hydrogen (secondary N) is 1. The van der Waals surface area contributed by atoms with Gasteiger partial charge in [0.2, 0.25) is 0 Å². The fraction of sp³-hybridized carbons (Fsp3) is 0.429. The summed E-state index contributed by atoms with van der Waals surface area (Å²) in [5.74, 6) is 0.973. The Balaban J connectivity index is 1.88. The first-order valence-electron chi connectivity index (χ1n) is 6.50. The lowest BCUT2D eigenvalue weighted by Crippen LogP contribution is -2.41. The summed E-state index contributed by atoms with van der Waals surface area (Å²) in [5.41, 5.74) is 1.93. The van der Waals surface area contributed by atoms with Crippen LogP contribution in [0.4, 0.5) is 5.82 Å². The van der Waals surface area contributed by atoms with Crippen molar-refractivity contribution in [2.45, 2.75) is 18.9 Å². The molecule has 0 saturated carbocycles. The van der Waals surface area contributed by atoms with E-state index in [9.17, 15) is 0 Å². The van der Waals surface area contributed by atoms with Crippen LogP contribution < -0.4 is 10.2 Å². The number of rotatable bonds is 2. The van der Waals surface area contributed by atoms with Crippen molar-refractivity contribution in [3.05, 3.63) is 30.5 Å². The van der Waals surface area contributed by atoms with Crippen LogP contribution in [0.15, 0.2) is 30.5 Å². The number of hydrogen-bond donors (Lipinski definition) is 1. The maximum absolute atomic E-state index is 4.69. The van der Waals surface area contributed by atoms with Gasteiger partial charge in [0, 0.05) is 13.1 Å². The summed E-state index contributed by atoms with van der Waals surface area (Å²) in [6, 6.07) is 8.58. The van der Waals surface area contributed by atoms with E-state index in [4.69, 9.17) is 4.98 Å². The zero-order valence-corrected chi connectivity index (χ0v) is 10.6. The Morgan fingerprint density at radius 3 is 2.67 bits per heavy atom. The molecular weight excluding hydrogens is 224 g/mol. The summed E-state index contributed by atoms with van der Waals surface area (Å²) < 4.78 is 0. The second-order valence-corrected chi connectivity index (χ2v) is 4.81. The summed E-state index contributed by atoms with van der Waals surface area (Å²) in [7, 11) is 2.12. The van der Waals surface area contributed by atoms with Crippen LogP contribution in [0.2, 0.25) is 0 Å². The number of benzene rings is 1. The SMILES string of the molecule is CN(c1cnc2ccccc2n1)C1CCNCC1. The smallest absolute Gasteiger partial charge is 0.147 e. The number of piperidine rings is 1. The standard InChI is InChI=1S/C14H18N4/c1-18(11-6-8-15-9-7-11)14-10-16-12-4-2-3-5-13(12)17-14/h2-5,10-11,15H,6-9H2,1H3. The van der Waals surface area contributed by atoms with Gasteiger partial charge in [-0.05, 0) is 38.1 Å². The number of hydrogen-bond acceptors (Lipinski definition) is 4. The molecule has 4 nitrogen and oxygen atoms in total. The molecule has 1 aliphatic rings. The number of aromatic nitrogens is 2. The molecule has 0 aliphatic carbocycles. The minimum absolute atomic E-state index is 0.571. The van der Waals surface area contributed by atoms with Crippen molar-refractivity contribution in [2.75, 3.05) is 25.0 Å². The van der Waals surface area contributed by atoms with Crippen molar-refractivity contribution >= 4 is 16.9 Å². The van der Waals surface area contributed by atoms with E-state index in [-0.39, 0.29) is 0 Å². The van der Waals surface area contributed by atoms with Gasteiger partial charge in [-0.1, -0.05) is 12.1 Å². The van der Waals surface area contributed by atoms with Crippen LogP contribution in [-0.4, -0.2) is 36.1 Å². The van der Waals surface area contributed by atoms with Gasteiger partial charge in [-0.2, -0.15) is 0 Å². The molecule has 1 aromatic heterocycles. The molecule has 1 N–H and O–H groups in total. The van der Waals surface area contributed by atoms with Crippen molar-refractivity contribution in [1.82, 2.24) is 15.3 Å². The molecule has 0 amide bonds. The van der Waals surface area contributed by atoms with E-state index in [1.165, 1.54) is 12.8 Å². The van der Waals surface area contributed by atoms with Gasteiger partial charge in [0.05, 0.1) is 17.2 Å². The van der Waals surface area contributed by atoms with Crippen molar-refractivity contribution in [3.63, 3.8) is 0 Å². The summed E-state index contributed by atoms with van der Waals surface area (Å²) >= 11 is 0. The van der Waals surface area contributed by atoms with Crippen molar-refractivity contribution in [1.29, 1.82) is 0 Å². The van der Waals surface area contributed by atoms with Crippen LogP contribution in [0.25, 0.3) is 11.0 Å². The molecule has 0 atom stereocenters. The predicted molar refractivity (Wildman–Crippen MR) is 73.8 cm³/mol. The number of para-hydroxylation sites is 2. The van der Waals surface area contributed by atoms with Gasteiger partial charge in [0.1, 0.15) is 5.82 Å². The Bertz CT molecular complexity index is 534. The number of fused-ring (bicyclic) bond motifs is 1. The molecular formula is C14H18N4. The van der Waals surface area contributed by atoms with Gasteiger partial charge in [-0.25, -0.2) is 4.98 Å². The van der Waals surface area contributed by atoms with Gasteiger partial charge >= 0.3 is 0 Å². The molecule has 18 heavy (non-hydrogen) atoms. The Morgan fingerprint density at radius 1 is 1.17 bits per heavy atom. The number of anilines is 1. The average Bonchev–Trinajstić information content (AvgIpc) is 2.47. The van der Waals surface area contributed by atoms with Gasteiger partial charge < -0.3 is 10.2 Å². The number of nitrogens with zero attached hydrogens (tertiary/aromatic N) is 3. The van der Waals surface area contributed by atoms with Crippen molar-refractivity contribution < 1.29 is 0 Å². The second kappa shape index (κ2) is 4.90. The highest BCUT2D eigenvalue weighted by atomic mass is 15.2. The molecule has 1 saturated heterocycles. The lowest BCUT2D eigenvalue weighted by atomic mass is 10.1. The van der Waals surface area contributed by atoms with Gasteiger partial charge in [-0.3, -0.25) is 4.98 Å². The van der Waals surface area contributed by atoms with Crippen molar-refractivity contribution in [2.24, 2.45) is 0 Å². The molecule has 2 heterocycles. The minimum Gasteiger partial charge on any atom is -0.355 e. The average molecular weight is 242 g/mol. The summed E-state index contributed by atoms with van der Waals surface area (Å²) in [4.78, 5) is 11.4. The van der Waals surface area contributed by atoms with Crippen LogP contribution in [0.5, 0.6) is 0 Å². The Kier molecular flexibility index (Phi) is 3.11. The normalized spacial score (nSPS) is 16.9. The summed E-state index contributed by atoms with van der Waals surface area (Å²) in [6.07, 6.45) is 4.22. The fourth-order valence-corrected chi connectivity index (χ4v) is 2.50. The summed E-state index contributed by atoms with van der Waals surface area (Å²) in [5, 5.41) is 3.39. The monoisotopic (exact) mass is 242 g/mol. The van der Waals surface area contributed by atoms with E-state index in [1.54, 1.807) is 0 Å². The van der Waals surface area contributed by atoms with Crippen LogP contribution in [0, 0.1) is 0 Å². The Labute approximate surface area is 107 Å². The molecule has 0 unspecified atom stereocenters. The molecule has 0 radical (unpaired) electrons. The van der Waals surface area contributed by atoms with E-state index in [0.717, 1.165) is 29.9 Å². The summed E-state index contributed by atoms with van der Waals surface area (Å²) in [6.45, 7) is 2.19. The highest BCUT2D eigenvalue weighted by molar-refractivity contribution is 5.75. The van der Waals surface area contributed by atoms with Crippen LogP contribution >= 0.6 is 0 Å². The van der Waals surface area contributed by atoms with E-state index in [1.807, 2.05) is 30.5 Å². The van der Waals surface area contributed by atoms with Crippen LogP contribution in [-0.2, 0) is 0 Å². The molecule has 94 valence electrons. The van der Waals surface area contributed by atoms with E-state index in [2.05, 4.69) is 22.2 Å². The molecule has 1 aliphatic heterocycles. The lowest BCUT2D eigenvalue weighted by molar-refractivity contribution is 0.442. The molecule has 3 rings (SSSR count). The first-order chi connectivity index (χ1) is 8.84. The molecule has 0 bridgehead atoms. The van der Waals surface area contributed by atoms with Gasteiger partial charge in [-0.15, -0.1) is 0 Å². The topological polar surface area (TPSA) is 41.1 Å². The molecule has 2 aromatic rings. The third-order valence-corrected chi connectivity index (χ3v) is 3.65. The highest BCUT2D eigenvalue weighted by Gasteiger charge is 2.19. The van der Waals surface area contributed by atoms with Crippen LogP contribution in [0.1, 0.15) is 12.8 Å². The molecule has 1 fully saturated rings. The highest BCUT2D eigenvalue weighted by Crippen LogP contribution is 2.19. The zero-order valence-electron chi connectivity index (χ0n) is 10.6. The van der Waals surface area contributed by atoms with E-state index < -0.39 is 0 Å². The third-order valence-electron chi connectivity index (χ3n) is 3.65. The fourth-order valence-electron chi connectivity index (χ4n) is 2.50. The first kappa shape index (κ1) is 11.4. The largest absolute Gasteiger partial charge is 0.355 e. The zero-order chi connectivity index (χ0) is 12.4. The predicted octanol–water partition coefficient (Wildman–Crippen LogP) is 1.82. The van der Waals surface area contributed by atoms with E-state index >= 15 is 0 Å². The maximum Gasteiger partial charge on any atom is 0.147 e. The molecule has 1 aromatic carbocycles. The maximum atomic E-state index is 4.69. The van der Waals surface area contributed by atoms with Crippen molar-refractivity contribution in [3.8, 4) is 0 Å². The van der Waals surface area contributed by atoms with Gasteiger partial charge in [0.25, 0.3) is 0 Å². The molecule has 0 spiro atoms. The second-order valence-electron chi connectivity index (χ2n) is 4.81. The Hall–Kier alpha value is -1.68. The first-order valence-corrected chi connectivity index (χ1v) is 6.50. The molecule has 4 heteroatoms.